The van der Waals surface area contributed by atoms with Gasteiger partial charge >= 0.3 is 0 Å². The van der Waals surface area contributed by atoms with Crippen LogP contribution in [-0.2, 0) is 16.0 Å². The second-order valence-corrected chi connectivity index (χ2v) is 7.35. The molecule has 0 bridgehead atoms. The van der Waals surface area contributed by atoms with Gasteiger partial charge in [-0.1, -0.05) is 17.7 Å². The predicted octanol–water partition coefficient (Wildman–Crippen LogP) is 3.03. The van der Waals surface area contributed by atoms with Crippen molar-refractivity contribution in [3.63, 3.8) is 0 Å². The molecule has 1 aliphatic rings. The average Bonchev–Trinajstić information content (AvgIpc) is 2.77. The summed E-state index contributed by atoms with van der Waals surface area (Å²) in [5.41, 5.74) is 2.00. The van der Waals surface area contributed by atoms with Gasteiger partial charge in [0.05, 0.1) is 44.3 Å². The summed E-state index contributed by atoms with van der Waals surface area (Å²) in [7, 11) is 1.48. The molecule has 0 saturated carbocycles. The van der Waals surface area contributed by atoms with Crippen molar-refractivity contribution < 1.29 is 19.0 Å². The van der Waals surface area contributed by atoms with Gasteiger partial charge < -0.3 is 19.5 Å². The fourth-order valence-electron chi connectivity index (χ4n) is 2.93. The molecule has 3 aromatic rings. The van der Waals surface area contributed by atoms with E-state index in [1.54, 1.807) is 36.5 Å². The van der Waals surface area contributed by atoms with Crippen molar-refractivity contribution in [1.29, 1.82) is 5.26 Å². The molecule has 0 unspecified atom stereocenters. The maximum Gasteiger partial charge on any atom is 0.230 e. The van der Waals surface area contributed by atoms with Crippen molar-refractivity contribution in [2.24, 2.45) is 0 Å². The van der Waals surface area contributed by atoms with Crippen molar-refractivity contribution in [3.05, 3.63) is 59.0 Å². The SMILES string of the molecule is COc1cc(NC(=O)Cc2ccc(-c3cc(OC4COC4)cc(C#N)n3)nc2)ncc1Cl. The van der Waals surface area contributed by atoms with Crippen LogP contribution in [0.4, 0.5) is 5.82 Å². The van der Waals surface area contributed by atoms with E-state index in [1.807, 2.05) is 6.07 Å². The number of carbonyl (C=O) groups is 1. The van der Waals surface area contributed by atoms with Crippen LogP contribution in [0, 0.1) is 11.3 Å². The highest BCUT2D eigenvalue weighted by Crippen LogP contribution is 2.26. The van der Waals surface area contributed by atoms with E-state index >= 15 is 0 Å². The normalized spacial score (nSPS) is 13.0. The molecular formula is C22H18ClN5O4. The number of hydrogen-bond acceptors (Lipinski definition) is 8. The lowest BCUT2D eigenvalue weighted by atomic mass is 10.1. The van der Waals surface area contributed by atoms with Crippen molar-refractivity contribution in [2.45, 2.75) is 12.5 Å². The number of carbonyl (C=O) groups excluding carboxylic acids is 1. The summed E-state index contributed by atoms with van der Waals surface area (Å²) in [5.74, 6) is 1.03. The van der Waals surface area contributed by atoms with E-state index in [0.717, 1.165) is 0 Å². The quantitative estimate of drug-likeness (QED) is 0.582. The molecule has 9 nitrogen and oxygen atoms in total. The summed E-state index contributed by atoms with van der Waals surface area (Å²) in [5, 5.41) is 12.3. The third-order valence-corrected chi connectivity index (χ3v) is 4.87. The topological polar surface area (TPSA) is 119 Å². The summed E-state index contributed by atoms with van der Waals surface area (Å²) in [4.78, 5) is 25.1. The molecule has 0 aromatic carbocycles. The van der Waals surface area contributed by atoms with Gasteiger partial charge in [-0.25, -0.2) is 9.97 Å². The van der Waals surface area contributed by atoms with Crippen LogP contribution in [-0.4, -0.2) is 47.3 Å². The highest BCUT2D eigenvalue weighted by Gasteiger charge is 2.21. The maximum atomic E-state index is 12.4. The largest absolute Gasteiger partial charge is 0.495 e. The molecule has 4 heterocycles. The number of nitriles is 1. The average molecular weight is 452 g/mol. The van der Waals surface area contributed by atoms with Crippen LogP contribution in [0.1, 0.15) is 11.3 Å². The molecule has 3 aromatic heterocycles. The van der Waals surface area contributed by atoms with Gasteiger partial charge in [0.2, 0.25) is 5.91 Å². The lowest BCUT2D eigenvalue weighted by Crippen LogP contribution is -2.38. The minimum atomic E-state index is -0.264. The smallest absolute Gasteiger partial charge is 0.230 e. The summed E-state index contributed by atoms with van der Waals surface area (Å²) < 4.78 is 16.0. The van der Waals surface area contributed by atoms with Gasteiger partial charge in [0.1, 0.15) is 40.2 Å². The minimum Gasteiger partial charge on any atom is -0.495 e. The number of anilines is 1. The van der Waals surface area contributed by atoms with Crippen molar-refractivity contribution >= 4 is 23.3 Å². The predicted molar refractivity (Wildman–Crippen MR) is 116 cm³/mol. The second kappa shape index (κ2) is 9.60. The molecule has 1 N–H and O–H groups in total. The van der Waals surface area contributed by atoms with Crippen molar-refractivity contribution in [2.75, 3.05) is 25.6 Å². The third-order valence-electron chi connectivity index (χ3n) is 4.58. The minimum absolute atomic E-state index is 0.0271. The molecule has 0 spiro atoms. The Morgan fingerprint density at radius 2 is 2.09 bits per heavy atom. The Kier molecular flexibility index (Phi) is 6.44. The molecule has 1 saturated heterocycles. The van der Waals surface area contributed by atoms with E-state index in [1.165, 1.54) is 13.3 Å². The van der Waals surface area contributed by atoms with Gasteiger partial charge in [0.25, 0.3) is 0 Å². The molecule has 4 rings (SSSR count). The van der Waals surface area contributed by atoms with E-state index in [2.05, 4.69) is 20.3 Å². The third kappa shape index (κ3) is 5.11. The Bertz CT molecular complexity index is 1180. The highest BCUT2D eigenvalue weighted by molar-refractivity contribution is 6.32. The second-order valence-electron chi connectivity index (χ2n) is 6.94. The molecule has 162 valence electrons. The van der Waals surface area contributed by atoms with Gasteiger partial charge in [-0.05, 0) is 11.6 Å². The zero-order valence-corrected chi connectivity index (χ0v) is 17.8. The first kappa shape index (κ1) is 21.5. The summed E-state index contributed by atoms with van der Waals surface area (Å²) in [6.45, 7) is 1.04. The Hall–Kier alpha value is -3.74. The number of methoxy groups -OCH3 is 1. The van der Waals surface area contributed by atoms with Gasteiger partial charge in [0.15, 0.2) is 0 Å². The number of halogens is 1. The number of nitrogens with zero attached hydrogens (tertiary/aromatic N) is 4. The summed E-state index contributed by atoms with van der Waals surface area (Å²) >= 11 is 5.95. The van der Waals surface area contributed by atoms with Crippen molar-refractivity contribution in [1.82, 2.24) is 15.0 Å². The number of nitrogens with one attached hydrogen (secondary N) is 1. The molecule has 32 heavy (non-hydrogen) atoms. The van der Waals surface area contributed by atoms with Crippen LogP contribution in [0.3, 0.4) is 0 Å². The Morgan fingerprint density at radius 3 is 2.75 bits per heavy atom. The first-order chi connectivity index (χ1) is 15.5. The number of ether oxygens (including phenoxy) is 3. The summed E-state index contributed by atoms with van der Waals surface area (Å²) in [6.07, 6.45) is 3.07. The van der Waals surface area contributed by atoms with Crippen LogP contribution in [0.2, 0.25) is 5.02 Å². The fourth-order valence-corrected chi connectivity index (χ4v) is 3.12. The molecule has 1 amide bonds. The first-order valence-electron chi connectivity index (χ1n) is 9.65. The van der Waals surface area contributed by atoms with Crippen LogP contribution >= 0.6 is 11.6 Å². The zero-order chi connectivity index (χ0) is 22.5. The number of hydrogen-bond donors (Lipinski definition) is 1. The molecule has 10 heteroatoms. The van der Waals surface area contributed by atoms with Crippen molar-refractivity contribution in [3.8, 4) is 29.0 Å². The standard InChI is InChI=1S/C22H18ClN5O4/c1-30-20-7-21(26-10-17(20)23)28-22(29)4-13-2-3-18(25-9-13)19-6-15(5-14(8-24)27-19)32-16-11-31-12-16/h2-3,5-7,9-10,16H,4,11-12H2,1H3,(H,26,28,29). The molecule has 0 atom stereocenters. The fraction of sp³-hybridized carbons (Fsp3) is 0.227. The Morgan fingerprint density at radius 1 is 1.25 bits per heavy atom. The zero-order valence-electron chi connectivity index (χ0n) is 17.0. The Labute approximate surface area is 189 Å². The number of amides is 1. The highest BCUT2D eigenvalue weighted by atomic mass is 35.5. The van der Waals surface area contributed by atoms with Crippen LogP contribution in [0.15, 0.2) is 42.7 Å². The van der Waals surface area contributed by atoms with E-state index < -0.39 is 0 Å². The summed E-state index contributed by atoms with van der Waals surface area (Å²) in [6, 6.07) is 10.4. The van der Waals surface area contributed by atoms with E-state index in [0.29, 0.717) is 52.5 Å². The molecule has 0 aliphatic carbocycles. The number of pyridine rings is 3. The van der Waals surface area contributed by atoms with E-state index in [-0.39, 0.29) is 24.1 Å². The van der Waals surface area contributed by atoms with Crippen LogP contribution in [0.25, 0.3) is 11.4 Å². The van der Waals surface area contributed by atoms with E-state index in [4.69, 9.17) is 25.8 Å². The van der Waals surface area contributed by atoms with E-state index in [9.17, 15) is 10.1 Å². The number of rotatable bonds is 7. The van der Waals surface area contributed by atoms with Crippen LogP contribution in [0.5, 0.6) is 11.5 Å². The first-order valence-corrected chi connectivity index (χ1v) is 10.0. The lowest BCUT2D eigenvalue weighted by molar-refractivity contribution is -0.115. The van der Waals surface area contributed by atoms with Gasteiger partial charge in [0, 0.05) is 24.4 Å². The van der Waals surface area contributed by atoms with Gasteiger partial charge in [-0.2, -0.15) is 5.26 Å². The Balaban J connectivity index is 1.44. The van der Waals surface area contributed by atoms with Gasteiger partial charge in [-0.3, -0.25) is 9.78 Å². The monoisotopic (exact) mass is 451 g/mol. The maximum absolute atomic E-state index is 12.4. The molecule has 1 aliphatic heterocycles. The van der Waals surface area contributed by atoms with Crippen LogP contribution < -0.4 is 14.8 Å². The van der Waals surface area contributed by atoms with Gasteiger partial charge in [-0.15, -0.1) is 0 Å². The molecular weight excluding hydrogens is 434 g/mol. The molecule has 0 radical (unpaired) electrons. The molecule has 1 fully saturated rings. The number of aromatic nitrogens is 3. The lowest BCUT2D eigenvalue weighted by Gasteiger charge is -2.26.